The maximum absolute atomic E-state index is 12.8. The monoisotopic (exact) mass is 348 g/mol. The molecule has 2 aromatic rings. The van der Waals surface area contributed by atoms with Gasteiger partial charge in [0.05, 0.1) is 19.1 Å². The van der Waals surface area contributed by atoms with Crippen LogP contribution in [0.2, 0.25) is 5.02 Å². The third kappa shape index (κ3) is 2.85. The summed E-state index contributed by atoms with van der Waals surface area (Å²) in [6.07, 6.45) is 1.44. The highest BCUT2D eigenvalue weighted by atomic mass is 35.5. The molecule has 2 amide bonds. The molecule has 1 aliphatic heterocycles. The Morgan fingerprint density at radius 2 is 2.12 bits per heavy atom. The van der Waals surface area contributed by atoms with Gasteiger partial charge < -0.3 is 19.0 Å². The van der Waals surface area contributed by atoms with Crippen LogP contribution in [0.25, 0.3) is 0 Å². The van der Waals surface area contributed by atoms with E-state index in [1.54, 1.807) is 42.2 Å². The number of furan rings is 1. The zero-order chi connectivity index (χ0) is 17.3. The summed E-state index contributed by atoms with van der Waals surface area (Å²) in [4.78, 5) is 28.4. The predicted molar refractivity (Wildman–Crippen MR) is 89.6 cm³/mol. The van der Waals surface area contributed by atoms with Crippen LogP contribution in [0.1, 0.15) is 17.5 Å². The van der Waals surface area contributed by atoms with Crippen molar-refractivity contribution in [3.63, 3.8) is 0 Å². The zero-order valence-corrected chi connectivity index (χ0v) is 14.1. The van der Waals surface area contributed by atoms with E-state index in [-0.39, 0.29) is 17.6 Å². The standard InChI is InChI=1S/C17H17ClN2O4/c1-11-16(21)20(13-10-12(18)5-6-14(13)23-2)8-7-19(11)17(22)15-4-3-9-24-15/h3-6,9-11H,7-8H2,1-2H3. The van der Waals surface area contributed by atoms with Gasteiger partial charge in [0.1, 0.15) is 11.8 Å². The number of nitrogens with zero attached hydrogens (tertiary/aromatic N) is 2. The van der Waals surface area contributed by atoms with Gasteiger partial charge in [-0.1, -0.05) is 11.6 Å². The number of ether oxygens (including phenoxy) is 1. The second kappa shape index (κ2) is 6.57. The molecule has 126 valence electrons. The fourth-order valence-corrected chi connectivity index (χ4v) is 2.97. The number of carbonyl (C=O) groups is 2. The first kappa shape index (κ1) is 16.4. The average molecular weight is 349 g/mol. The summed E-state index contributed by atoms with van der Waals surface area (Å²) in [7, 11) is 1.54. The third-order valence-corrected chi connectivity index (χ3v) is 4.32. The average Bonchev–Trinajstić information content (AvgIpc) is 3.11. The van der Waals surface area contributed by atoms with Crippen molar-refractivity contribution in [2.45, 2.75) is 13.0 Å². The highest BCUT2D eigenvalue weighted by molar-refractivity contribution is 6.31. The summed E-state index contributed by atoms with van der Waals surface area (Å²) < 4.78 is 10.5. The zero-order valence-electron chi connectivity index (χ0n) is 13.4. The Morgan fingerprint density at radius 3 is 2.79 bits per heavy atom. The Bertz CT molecular complexity index is 760. The molecule has 6 nitrogen and oxygen atoms in total. The lowest BCUT2D eigenvalue weighted by atomic mass is 10.1. The molecule has 0 saturated carbocycles. The normalized spacial score (nSPS) is 18.0. The van der Waals surface area contributed by atoms with Gasteiger partial charge in [-0.2, -0.15) is 0 Å². The van der Waals surface area contributed by atoms with Crippen LogP contribution in [-0.2, 0) is 4.79 Å². The lowest BCUT2D eigenvalue weighted by Crippen LogP contribution is -2.57. The van der Waals surface area contributed by atoms with Crippen LogP contribution < -0.4 is 9.64 Å². The topological polar surface area (TPSA) is 63.0 Å². The summed E-state index contributed by atoms with van der Waals surface area (Å²) in [5.41, 5.74) is 0.604. The minimum Gasteiger partial charge on any atom is -0.495 e. The van der Waals surface area contributed by atoms with Gasteiger partial charge in [0, 0.05) is 18.1 Å². The largest absolute Gasteiger partial charge is 0.495 e. The quantitative estimate of drug-likeness (QED) is 0.855. The van der Waals surface area contributed by atoms with Crippen LogP contribution in [0.4, 0.5) is 5.69 Å². The summed E-state index contributed by atoms with van der Waals surface area (Å²) in [6.45, 7) is 2.45. The van der Waals surface area contributed by atoms with Gasteiger partial charge in [-0.05, 0) is 37.3 Å². The molecular formula is C17H17ClN2O4. The van der Waals surface area contributed by atoms with Gasteiger partial charge in [0.2, 0.25) is 5.91 Å². The first-order valence-corrected chi connectivity index (χ1v) is 7.90. The molecule has 2 heterocycles. The number of piperazine rings is 1. The molecule has 1 aromatic heterocycles. The Kier molecular flexibility index (Phi) is 4.49. The molecular weight excluding hydrogens is 332 g/mol. The fraction of sp³-hybridized carbons (Fsp3) is 0.294. The van der Waals surface area contributed by atoms with Crippen molar-refractivity contribution in [3.8, 4) is 5.75 Å². The summed E-state index contributed by atoms with van der Waals surface area (Å²) in [5, 5.41) is 0.514. The maximum Gasteiger partial charge on any atom is 0.290 e. The molecule has 0 bridgehead atoms. The molecule has 0 N–H and O–H groups in total. The highest BCUT2D eigenvalue weighted by Crippen LogP contribution is 2.33. The molecule has 1 unspecified atom stereocenters. The number of carbonyl (C=O) groups excluding carboxylic acids is 2. The second-order valence-electron chi connectivity index (χ2n) is 5.46. The summed E-state index contributed by atoms with van der Waals surface area (Å²) in [5.74, 6) is 0.300. The van der Waals surface area contributed by atoms with Crippen LogP contribution >= 0.6 is 11.6 Å². The number of anilines is 1. The molecule has 24 heavy (non-hydrogen) atoms. The fourth-order valence-electron chi connectivity index (χ4n) is 2.80. The second-order valence-corrected chi connectivity index (χ2v) is 5.89. The van der Waals surface area contributed by atoms with E-state index in [0.29, 0.717) is 29.5 Å². The van der Waals surface area contributed by atoms with E-state index in [1.807, 2.05) is 0 Å². The van der Waals surface area contributed by atoms with Crippen LogP contribution in [0.15, 0.2) is 41.0 Å². The first-order chi connectivity index (χ1) is 11.5. The van der Waals surface area contributed by atoms with Crippen LogP contribution in [-0.4, -0.2) is 43.0 Å². The Balaban J connectivity index is 1.85. The minimum absolute atomic E-state index is 0.193. The minimum atomic E-state index is -0.611. The third-order valence-electron chi connectivity index (χ3n) is 4.08. The van der Waals surface area contributed by atoms with E-state index < -0.39 is 6.04 Å². The maximum atomic E-state index is 12.8. The van der Waals surface area contributed by atoms with Crippen molar-refractivity contribution < 1.29 is 18.7 Å². The van der Waals surface area contributed by atoms with Crippen molar-refractivity contribution >= 4 is 29.1 Å². The molecule has 0 radical (unpaired) electrons. The number of hydrogen-bond donors (Lipinski definition) is 0. The van der Waals surface area contributed by atoms with Gasteiger partial charge in [-0.3, -0.25) is 9.59 Å². The van der Waals surface area contributed by atoms with Crippen LogP contribution in [0, 0.1) is 0 Å². The van der Waals surface area contributed by atoms with Crippen molar-refractivity contribution in [3.05, 3.63) is 47.4 Å². The van der Waals surface area contributed by atoms with Gasteiger partial charge >= 0.3 is 0 Å². The smallest absolute Gasteiger partial charge is 0.290 e. The van der Waals surface area contributed by atoms with Crippen molar-refractivity contribution in [2.24, 2.45) is 0 Å². The Labute approximate surface area is 144 Å². The van der Waals surface area contributed by atoms with E-state index in [1.165, 1.54) is 18.3 Å². The van der Waals surface area contributed by atoms with E-state index >= 15 is 0 Å². The van der Waals surface area contributed by atoms with Crippen molar-refractivity contribution in [2.75, 3.05) is 25.1 Å². The van der Waals surface area contributed by atoms with Crippen LogP contribution in [0.5, 0.6) is 5.75 Å². The van der Waals surface area contributed by atoms with E-state index in [0.717, 1.165) is 0 Å². The molecule has 7 heteroatoms. The molecule has 1 aliphatic rings. The lowest BCUT2D eigenvalue weighted by molar-refractivity contribution is -0.124. The SMILES string of the molecule is COc1ccc(Cl)cc1N1CCN(C(=O)c2ccco2)C(C)C1=O. The predicted octanol–water partition coefficient (Wildman–Crippen LogP) is 2.82. The molecule has 0 spiro atoms. The van der Waals surface area contributed by atoms with Gasteiger partial charge in [-0.25, -0.2) is 0 Å². The van der Waals surface area contributed by atoms with Gasteiger partial charge in [0.15, 0.2) is 5.76 Å². The molecule has 1 fully saturated rings. The Morgan fingerprint density at radius 1 is 1.33 bits per heavy atom. The first-order valence-electron chi connectivity index (χ1n) is 7.52. The number of amides is 2. The van der Waals surface area contributed by atoms with E-state index in [2.05, 4.69) is 0 Å². The molecule has 1 atom stereocenters. The number of hydrogen-bond acceptors (Lipinski definition) is 4. The van der Waals surface area contributed by atoms with Crippen molar-refractivity contribution in [1.82, 2.24) is 4.90 Å². The number of rotatable bonds is 3. The van der Waals surface area contributed by atoms with Gasteiger partial charge in [-0.15, -0.1) is 0 Å². The number of halogens is 1. The highest BCUT2D eigenvalue weighted by Gasteiger charge is 2.37. The van der Waals surface area contributed by atoms with E-state index in [4.69, 9.17) is 20.8 Å². The molecule has 1 saturated heterocycles. The summed E-state index contributed by atoms with van der Waals surface area (Å²) in [6, 6.07) is 7.73. The molecule has 1 aromatic carbocycles. The number of benzene rings is 1. The number of methoxy groups -OCH3 is 1. The molecule has 0 aliphatic carbocycles. The van der Waals surface area contributed by atoms with E-state index in [9.17, 15) is 9.59 Å². The lowest BCUT2D eigenvalue weighted by Gasteiger charge is -2.39. The Hall–Kier alpha value is -2.47. The van der Waals surface area contributed by atoms with Crippen LogP contribution in [0.3, 0.4) is 0 Å². The van der Waals surface area contributed by atoms with Crippen molar-refractivity contribution in [1.29, 1.82) is 0 Å². The molecule has 3 rings (SSSR count). The van der Waals surface area contributed by atoms with Gasteiger partial charge in [0.25, 0.3) is 5.91 Å². The summed E-state index contributed by atoms with van der Waals surface area (Å²) >= 11 is 6.05.